The summed E-state index contributed by atoms with van der Waals surface area (Å²) in [5.74, 6) is 0.193. The summed E-state index contributed by atoms with van der Waals surface area (Å²) in [4.78, 5) is 24.7. The van der Waals surface area contributed by atoms with Crippen molar-refractivity contribution in [1.82, 2.24) is 0 Å². The molecule has 0 spiro atoms. The summed E-state index contributed by atoms with van der Waals surface area (Å²) in [5, 5.41) is 9.68. The molecular weight excluding hydrogens is 290 g/mol. The van der Waals surface area contributed by atoms with Gasteiger partial charge in [0.1, 0.15) is 6.04 Å². The van der Waals surface area contributed by atoms with Crippen molar-refractivity contribution >= 4 is 12.0 Å². The standard InChI is InChI=1S/C19H25NO3/c1-14-6-5-11-20(14,19(22)23)18(21)13-15-9-10-16-7-3-2-4-8-17(16)12-15/h2-4,8,14-15H,5-7,9-13H2,1H3/p+1/t14-,15?,20?/m1/s1. The SMILES string of the molecule is C[C@@H]1CCC[N+]1(C(=O)O)C(=O)CC1CCC2=C(C=CC=CC2)C1. The fourth-order valence-corrected chi connectivity index (χ4v) is 4.40. The van der Waals surface area contributed by atoms with Gasteiger partial charge in [-0.1, -0.05) is 29.9 Å². The summed E-state index contributed by atoms with van der Waals surface area (Å²) in [6.07, 6.45) is 13.5. The van der Waals surface area contributed by atoms with E-state index in [9.17, 15) is 14.7 Å². The highest BCUT2D eigenvalue weighted by atomic mass is 16.4. The molecule has 0 aromatic carbocycles. The zero-order valence-corrected chi connectivity index (χ0v) is 13.8. The first-order chi connectivity index (χ1) is 11.0. The summed E-state index contributed by atoms with van der Waals surface area (Å²) in [5.41, 5.74) is 2.84. The van der Waals surface area contributed by atoms with Gasteiger partial charge in [-0.15, -0.1) is 0 Å². The van der Waals surface area contributed by atoms with Crippen molar-refractivity contribution < 1.29 is 19.2 Å². The number of carboxylic acid groups (broad SMARTS) is 1. The second-order valence-electron chi connectivity index (χ2n) is 7.19. The van der Waals surface area contributed by atoms with E-state index in [-0.39, 0.29) is 22.3 Å². The zero-order chi connectivity index (χ0) is 16.4. The molecule has 2 unspecified atom stereocenters. The maximum absolute atomic E-state index is 12.9. The minimum Gasteiger partial charge on any atom is -0.435 e. The molecule has 1 aliphatic heterocycles. The first-order valence-electron chi connectivity index (χ1n) is 8.72. The molecule has 3 aliphatic rings. The number of hydrogen-bond acceptors (Lipinski definition) is 2. The van der Waals surface area contributed by atoms with E-state index in [0.29, 0.717) is 13.0 Å². The highest BCUT2D eigenvalue weighted by molar-refractivity contribution is 5.81. The van der Waals surface area contributed by atoms with Gasteiger partial charge < -0.3 is 5.11 Å². The number of nitrogens with zero attached hydrogens (tertiary/aromatic N) is 1. The predicted molar refractivity (Wildman–Crippen MR) is 88.7 cm³/mol. The summed E-state index contributed by atoms with van der Waals surface area (Å²) in [6, 6.07) is -0.0969. The molecule has 1 heterocycles. The van der Waals surface area contributed by atoms with E-state index in [2.05, 4.69) is 24.3 Å². The number of carbonyl (C=O) groups is 2. The Morgan fingerprint density at radius 2 is 2.13 bits per heavy atom. The van der Waals surface area contributed by atoms with Gasteiger partial charge in [0.2, 0.25) is 0 Å². The van der Waals surface area contributed by atoms with Crippen LogP contribution in [0, 0.1) is 5.92 Å². The monoisotopic (exact) mass is 316 g/mol. The number of rotatable bonds is 2. The van der Waals surface area contributed by atoms with E-state index in [1.807, 2.05) is 6.92 Å². The highest BCUT2D eigenvalue weighted by Crippen LogP contribution is 2.37. The minimum atomic E-state index is -0.964. The molecule has 0 radical (unpaired) electrons. The topological polar surface area (TPSA) is 54.4 Å². The van der Waals surface area contributed by atoms with Crippen molar-refractivity contribution in [2.45, 2.75) is 57.9 Å². The third-order valence-corrected chi connectivity index (χ3v) is 5.86. The molecule has 0 bridgehead atoms. The molecule has 2 amide bonds. The van der Waals surface area contributed by atoms with E-state index >= 15 is 0 Å². The van der Waals surface area contributed by atoms with E-state index < -0.39 is 6.09 Å². The Morgan fingerprint density at radius 3 is 2.83 bits per heavy atom. The molecule has 4 heteroatoms. The van der Waals surface area contributed by atoms with Gasteiger partial charge in [0.25, 0.3) is 0 Å². The van der Waals surface area contributed by atoms with Gasteiger partial charge in [-0.3, -0.25) is 0 Å². The third-order valence-electron chi connectivity index (χ3n) is 5.86. The minimum absolute atomic E-state index is 0.0905. The van der Waals surface area contributed by atoms with Crippen LogP contribution in [-0.4, -0.2) is 34.2 Å². The lowest BCUT2D eigenvalue weighted by atomic mass is 9.81. The Labute approximate surface area is 137 Å². The van der Waals surface area contributed by atoms with Gasteiger partial charge in [0.05, 0.1) is 13.0 Å². The van der Waals surface area contributed by atoms with Gasteiger partial charge in [0, 0.05) is 12.8 Å². The van der Waals surface area contributed by atoms with Crippen LogP contribution >= 0.6 is 0 Å². The second kappa shape index (κ2) is 6.44. The van der Waals surface area contributed by atoms with Crippen molar-refractivity contribution in [2.75, 3.05) is 6.54 Å². The van der Waals surface area contributed by atoms with Crippen LogP contribution < -0.4 is 0 Å². The smallest absolute Gasteiger partial charge is 0.435 e. The Kier molecular flexibility index (Phi) is 4.53. The summed E-state index contributed by atoms with van der Waals surface area (Å²) >= 11 is 0. The van der Waals surface area contributed by atoms with Crippen molar-refractivity contribution in [3.05, 3.63) is 35.5 Å². The van der Waals surface area contributed by atoms with Gasteiger partial charge in [-0.05, 0) is 44.1 Å². The molecule has 4 nitrogen and oxygen atoms in total. The number of imide groups is 1. The lowest BCUT2D eigenvalue weighted by Gasteiger charge is -2.32. The molecule has 1 fully saturated rings. The average molecular weight is 316 g/mol. The lowest BCUT2D eigenvalue weighted by Crippen LogP contribution is -2.58. The van der Waals surface area contributed by atoms with Crippen LogP contribution in [0.15, 0.2) is 35.5 Å². The molecule has 1 saturated heterocycles. The quantitative estimate of drug-likeness (QED) is 0.777. The maximum Gasteiger partial charge on any atom is 0.521 e. The van der Waals surface area contributed by atoms with Gasteiger partial charge in [-0.25, -0.2) is 4.79 Å². The Balaban J connectivity index is 1.71. The number of hydrogen-bond donors (Lipinski definition) is 1. The van der Waals surface area contributed by atoms with Crippen LogP contribution in [0.1, 0.15) is 51.9 Å². The normalized spacial score (nSPS) is 33.4. The average Bonchev–Trinajstić information content (AvgIpc) is 2.77. The molecule has 2 aliphatic carbocycles. The summed E-state index contributed by atoms with van der Waals surface area (Å²) in [6.45, 7) is 2.36. The molecule has 0 aromatic rings. The Hall–Kier alpha value is -1.68. The zero-order valence-electron chi connectivity index (χ0n) is 13.8. The summed E-state index contributed by atoms with van der Waals surface area (Å²) in [7, 11) is 0. The molecule has 3 atom stereocenters. The first-order valence-corrected chi connectivity index (χ1v) is 8.72. The van der Waals surface area contributed by atoms with Gasteiger partial charge >= 0.3 is 12.0 Å². The van der Waals surface area contributed by atoms with Gasteiger partial charge in [0.15, 0.2) is 0 Å². The largest absolute Gasteiger partial charge is 0.521 e. The fourth-order valence-electron chi connectivity index (χ4n) is 4.40. The van der Waals surface area contributed by atoms with E-state index in [4.69, 9.17) is 0 Å². The molecule has 3 rings (SSSR count). The fraction of sp³-hybridized carbons (Fsp3) is 0.579. The van der Waals surface area contributed by atoms with E-state index in [1.54, 1.807) is 0 Å². The van der Waals surface area contributed by atoms with E-state index in [1.165, 1.54) is 11.1 Å². The van der Waals surface area contributed by atoms with Crippen LogP contribution in [0.4, 0.5) is 4.79 Å². The number of carbonyl (C=O) groups excluding carboxylic acids is 1. The Morgan fingerprint density at radius 1 is 1.30 bits per heavy atom. The Bertz CT molecular complexity index is 602. The predicted octanol–water partition coefficient (Wildman–Crippen LogP) is 4.19. The second-order valence-corrected chi connectivity index (χ2v) is 7.19. The van der Waals surface area contributed by atoms with Crippen LogP contribution in [0.3, 0.4) is 0 Å². The molecular formula is C19H26NO3+. The third kappa shape index (κ3) is 2.92. The van der Waals surface area contributed by atoms with Gasteiger partial charge in [-0.2, -0.15) is 9.28 Å². The summed E-state index contributed by atoms with van der Waals surface area (Å²) < 4.78 is -0.347. The molecule has 124 valence electrons. The van der Waals surface area contributed by atoms with Crippen molar-refractivity contribution in [2.24, 2.45) is 5.92 Å². The highest BCUT2D eigenvalue weighted by Gasteiger charge is 2.52. The number of quaternary nitrogens is 1. The molecule has 0 aromatic heterocycles. The van der Waals surface area contributed by atoms with Crippen molar-refractivity contribution in [3.8, 4) is 0 Å². The van der Waals surface area contributed by atoms with Crippen molar-refractivity contribution in [1.29, 1.82) is 0 Å². The lowest BCUT2D eigenvalue weighted by molar-refractivity contribution is -0.792. The number of allylic oxidation sites excluding steroid dienone is 6. The first kappa shape index (κ1) is 16.2. The molecule has 1 N–H and O–H groups in total. The maximum atomic E-state index is 12.9. The number of likely N-dealkylation sites (tertiary alicyclic amines) is 1. The number of amides is 2. The van der Waals surface area contributed by atoms with Crippen LogP contribution in [0.5, 0.6) is 0 Å². The van der Waals surface area contributed by atoms with Crippen molar-refractivity contribution in [3.63, 3.8) is 0 Å². The van der Waals surface area contributed by atoms with Crippen LogP contribution in [0.25, 0.3) is 0 Å². The molecule has 0 saturated carbocycles. The molecule has 23 heavy (non-hydrogen) atoms. The van der Waals surface area contributed by atoms with Crippen LogP contribution in [-0.2, 0) is 4.79 Å². The van der Waals surface area contributed by atoms with Crippen LogP contribution in [0.2, 0.25) is 0 Å². The van der Waals surface area contributed by atoms with E-state index in [0.717, 1.165) is 38.5 Å².